The number of nitrogens with zero attached hydrogens (tertiary/aromatic N) is 1. The van der Waals surface area contributed by atoms with Crippen molar-refractivity contribution >= 4 is 17.3 Å². The Balaban J connectivity index is 2.12. The van der Waals surface area contributed by atoms with Gasteiger partial charge < -0.3 is 15.0 Å². The van der Waals surface area contributed by atoms with E-state index in [1.807, 2.05) is 26.8 Å². The zero-order valence-electron chi connectivity index (χ0n) is 13.8. The Labute approximate surface area is 135 Å². The molecule has 7 nitrogen and oxygen atoms in total. The molecule has 0 radical (unpaired) electrons. The third kappa shape index (κ3) is 4.74. The Bertz CT molecular complexity index is 589. The molecule has 1 aromatic carbocycles. The van der Waals surface area contributed by atoms with E-state index in [0.29, 0.717) is 19.8 Å². The highest BCUT2D eigenvalue weighted by Crippen LogP contribution is 2.31. The van der Waals surface area contributed by atoms with Gasteiger partial charge in [-0.3, -0.25) is 14.9 Å². The molecule has 126 valence electrons. The van der Waals surface area contributed by atoms with Crippen molar-refractivity contribution in [3.8, 4) is 0 Å². The van der Waals surface area contributed by atoms with Gasteiger partial charge in [0.15, 0.2) is 6.54 Å². The summed E-state index contributed by atoms with van der Waals surface area (Å²) in [6.45, 7) is 9.11. The van der Waals surface area contributed by atoms with Crippen molar-refractivity contribution < 1.29 is 19.4 Å². The van der Waals surface area contributed by atoms with Crippen LogP contribution in [-0.4, -0.2) is 43.7 Å². The highest BCUT2D eigenvalue weighted by molar-refractivity contribution is 5.93. The van der Waals surface area contributed by atoms with Crippen molar-refractivity contribution in [3.05, 3.63) is 33.9 Å². The minimum atomic E-state index is -0.452. The zero-order chi connectivity index (χ0) is 17.0. The number of morpholine rings is 1. The first kappa shape index (κ1) is 17.4. The lowest BCUT2D eigenvalue weighted by Crippen LogP contribution is -3.15. The lowest BCUT2D eigenvalue weighted by molar-refractivity contribution is -0.899. The van der Waals surface area contributed by atoms with Gasteiger partial charge in [0.2, 0.25) is 0 Å². The number of hydrogen-bond acceptors (Lipinski definition) is 4. The number of ether oxygens (including phenoxy) is 1. The van der Waals surface area contributed by atoms with E-state index in [4.69, 9.17) is 4.74 Å². The molecule has 0 unspecified atom stereocenters. The zero-order valence-corrected chi connectivity index (χ0v) is 13.8. The molecule has 0 atom stereocenters. The number of nitro benzene ring substituents is 1. The number of amides is 1. The van der Waals surface area contributed by atoms with Crippen LogP contribution >= 0.6 is 0 Å². The molecule has 1 aliphatic heterocycles. The summed E-state index contributed by atoms with van der Waals surface area (Å²) in [6.07, 6.45) is 0. The summed E-state index contributed by atoms with van der Waals surface area (Å²) in [5.74, 6) is -0.214. The molecule has 0 spiro atoms. The maximum atomic E-state index is 12.1. The lowest BCUT2D eigenvalue weighted by Gasteiger charge is -2.23. The molecule has 2 rings (SSSR count). The van der Waals surface area contributed by atoms with Gasteiger partial charge in [0.25, 0.3) is 11.6 Å². The monoisotopic (exact) mass is 322 g/mol. The van der Waals surface area contributed by atoms with Crippen molar-refractivity contribution in [2.24, 2.45) is 0 Å². The molecule has 1 saturated heterocycles. The normalized spacial score (nSPS) is 16.1. The van der Waals surface area contributed by atoms with Crippen LogP contribution in [0.1, 0.15) is 26.3 Å². The highest BCUT2D eigenvalue weighted by Gasteiger charge is 2.23. The van der Waals surface area contributed by atoms with Gasteiger partial charge in [-0.1, -0.05) is 26.8 Å². The molecular weight excluding hydrogens is 298 g/mol. The van der Waals surface area contributed by atoms with E-state index in [2.05, 4.69) is 5.32 Å². The van der Waals surface area contributed by atoms with Gasteiger partial charge in [-0.05, 0) is 17.0 Å². The minimum absolute atomic E-state index is 0.0669. The molecule has 0 aromatic heterocycles. The molecule has 1 fully saturated rings. The van der Waals surface area contributed by atoms with Gasteiger partial charge in [-0.25, -0.2) is 0 Å². The molecular formula is C16H24N3O4+. The second kappa shape index (κ2) is 7.06. The maximum Gasteiger partial charge on any atom is 0.293 e. The highest BCUT2D eigenvalue weighted by atomic mass is 16.6. The Kier molecular flexibility index (Phi) is 5.33. The number of carbonyl (C=O) groups excluding carboxylic acids is 1. The molecule has 1 amide bonds. The lowest BCUT2D eigenvalue weighted by atomic mass is 9.86. The van der Waals surface area contributed by atoms with Crippen molar-refractivity contribution in [1.29, 1.82) is 0 Å². The first-order valence-electron chi connectivity index (χ1n) is 7.77. The molecule has 2 N–H and O–H groups in total. The predicted molar refractivity (Wildman–Crippen MR) is 86.8 cm³/mol. The number of quaternary nitrogens is 1. The number of nitrogens with one attached hydrogen (secondary N) is 2. The van der Waals surface area contributed by atoms with E-state index < -0.39 is 4.92 Å². The summed E-state index contributed by atoms with van der Waals surface area (Å²) < 4.78 is 5.25. The van der Waals surface area contributed by atoms with Crippen LogP contribution in [0.15, 0.2) is 18.2 Å². The Hall–Kier alpha value is -1.99. The standard InChI is InChI=1S/C16H23N3O4/c1-16(2,3)12-4-5-13(14(10-12)19(21)22)17-15(20)11-18-6-8-23-9-7-18/h4-5,10H,6-9,11H2,1-3H3,(H,17,20)/p+1. The largest absolute Gasteiger partial charge is 0.370 e. The van der Waals surface area contributed by atoms with Crippen LogP contribution in [0.2, 0.25) is 0 Å². The number of rotatable bonds is 4. The third-order valence-corrected chi connectivity index (χ3v) is 3.95. The van der Waals surface area contributed by atoms with E-state index in [0.717, 1.165) is 23.6 Å². The molecule has 1 heterocycles. The van der Waals surface area contributed by atoms with E-state index in [-0.39, 0.29) is 22.7 Å². The number of anilines is 1. The summed E-state index contributed by atoms with van der Waals surface area (Å²) in [5, 5.41) is 14.0. The summed E-state index contributed by atoms with van der Waals surface area (Å²) in [7, 11) is 0. The topological polar surface area (TPSA) is 85.9 Å². The maximum absolute atomic E-state index is 12.1. The van der Waals surface area contributed by atoms with Gasteiger partial charge in [0.05, 0.1) is 18.1 Å². The smallest absolute Gasteiger partial charge is 0.293 e. The molecule has 0 saturated carbocycles. The van der Waals surface area contributed by atoms with Gasteiger partial charge in [-0.2, -0.15) is 0 Å². The predicted octanol–water partition coefficient (Wildman–Crippen LogP) is 0.746. The van der Waals surface area contributed by atoms with Crippen LogP contribution in [-0.2, 0) is 14.9 Å². The molecule has 0 aliphatic carbocycles. The molecule has 1 aliphatic rings. The van der Waals surface area contributed by atoms with Crippen molar-refractivity contribution in [3.63, 3.8) is 0 Å². The van der Waals surface area contributed by atoms with Crippen molar-refractivity contribution in [2.45, 2.75) is 26.2 Å². The first-order valence-corrected chi connectivity index (χ1v) is 7.77. The van der Waals surface area contributed by atoms with E-state index in [1.54, 1.807) is 6.07 Å². The van der Waals surface area contributed by atoms with Crippen LogP contribution in [0.5, 0.6) is 0 Å². The minimum Gasteiger partial charge on any atom is -0.370 e. The second-order valence-corrected chi connectivity index (χ2v) is 6.83. The summed E-state index contributed by atoms with van der Waals surface area (Å²) in [6, 6.07) is 4.98. The Morgan fingerprint density at radius 2 is 2.00 bits per heavy atom. The quantitative estimate of drug-likeness (QED) is 0.632. The molecule has 7 heteroatoms. The van der Waals surface area contributed by atoms with E-state index in [1.165, 1.54) is 6.07 Å². The van der Waals surface area contributed by atoms with Crippen molar-refractivity contribution in [1.82, 2.24) is 0 Å². The molecule has 1 aromatic rings. The second-order valence-electron chi connectivity index (χ2n) is 6.83. The van der Waals surface area contributed by atoms with Gasteiger partial charge in [0.1, 0.15) is 18.8 Å². The number of nitro groups is 1. The fraction of sp³-hybridized carbons (Fsp3) is 0.562. The average molecular weight is 322 g/mol. The Morgan fingerprint density at radius 1 is 1.35 bits per heavy atom. The van der Waals surface area contributed by atoms with Crippen LogP contribution in [0.3, 0.4) is 0 Å². The Morgan fingerprint density at radius 3 is 2.57 bits per heavy atom. The van der Waals surface area contributed by atoms with E-state index in [9.17, 15) is 14.9 Å². The van der Waals surface area contributed by atoms with Crippen molar-refractivity contribution in [2.75, 3.05) is 38.2 Å². The van der Waals surface area contributed by atoms with Crippen LogP contribution in [0, 0.1) is 10.1 Å². The summed E-state index contributed by atoms with van der Waals surface area (Å²) in [4.78, 5) is 24.1. The number of benzene rings is 1. The SMILES string of the molecule is CC(C)(C)c1ccc(NC(=O)C[NH+]2CCOCC2)c([N+](=O)[O-])c1. The summed E-state index contributed by atoms with van der Waals surface area (Å²) in [5.41, 5.74) is 0.857. The first-order chi connectivity index (χ1) is 10.8. The van der Waals surface area contributed by atoms with Gasteiger partial charge >= 0.3 is 0 Å². The average Bonchev–Trinajstić information content (AvgIpc) is 2.47. The van der Waals surface area contributed by atoms with Crippen LogP contribution in [0.4, 0.5) is 11.4 Å². The fourth-order valence-electron chi connectivity index (χ4n) is 2.51. The van der Waals surface area contributed by atoms with Crippen LogP contribution < -0.4 is 10.2 Å². The third-order valence-electron chi connectivity index (χ3n) is 3.95. The number of hydrogen-bond donors (Lipinski definition) is 2. The van der Waals surface area contributed by atoms with E-state index >= 15 is 0 Å². The van der Waals surface area contributed by atoms with Crippen LogP contribution in [0.25, 0.3) is 0 Å². The number of carbonyl (C=O) groups is 1. The fourth-order valence-corrected chi connectivity index (χ4v) is 2.51. The summed E-state index contributed by atoms with van der Waals surface area (Å²) >= 11 is 0. The van der Waals surface area contributed by atoms with Gasteiger partial charge in [0, 0.05) is 6.07 Å². The molecule has 0 bridgehead atoms. The van der Waals surface area contributed by atoms with Gasteiger partial charge in [-0.15, -0.1) is 0 Å². The molecule has 23 heavy (non-hydrogen) atoms.